The zero-order valence-corrected chi connectivity index (χ0v) is 17.8. The third-order valence-corrected chi connectivity index (χ3v) is 5.27. The Morgan fingerprint density at radius 2 is 1.12 bits per heavy atom. The number of rotatable bonds is 4. The van der Waals surface area contributed by atoms with Gasteiger partial charge in [-0.15, -0.1) is 0 Å². The summed E-state index contributed by atoms with van der Waals surface area (Å²) in [6.45, 7) is -0.154. The van der Waals surface area contributed by atoms with Crippen molar-refractivity contribution in [3.05, 3.63) is 69.2 Å². The molecule has 0 radical (unpaired) electrons. The van der Waals surface area contributed by atoms with Crippen molar-refractivity contribution in [2.24, 2.45) is 0 Å². The highest BCUT2D eigenvalue weighted by atomic mass is 35.5. The Balaban J connectivity index is 0.000000181. The smallest absolute Gasteiger partial charge is 0.311 e. The fourth-order valence-electron chi connectivity index (χ4n) is 2.97. The number of benzene rings is 2. The first-order valence-corrected chi connectivity index (χ1v) is 9.94. The Morgan fingerprint density at radius 3 is 1.53 bits per heavy atom. The molecular weight excluding hydrogens is 469 g/mol. The number of carbonyl (C=O) groups excluding carboxylic acids is 4. The van der Waals surface area contributed by atoms with Crippen LogP contribution < -0.4 is 10.6 Å². The van der Waals surface area contributed by atoms with Crippen molar-refractivity contribution in [1.29, 1.82) is 0 Å². The topological polar surface area (TPSA) is 98.8 Å². The predicted molar refractivity (Wildman–Crippen MR) is 111 cm³/mol. The van der Waals surface area contributed by atoms with Crippen LogP contribution in [0.4, 0.5) is 18.4 Å². The standard InChI is InChI=1S/C10H8Cl2N2O2.C10H8F2N2O2/c2*11-7-2-1-3-8(12)6(7)4-14-5-9(15)13-10(14)16/h2*1-3H,4-5H2,(H,13,15,16). The van der Waals surface area contributed by atoms with Crippen molar-refractivity contribution in [3.8, 4) is 0 Å². The van der Waals surface area contributed by atoms with Gasteiger partial charge in [0.1, 0.15) is 24.7 Å². The molecule has 0 bridgehead atoms. The van der Waals surface area contributed by atoms with Crippen LogP contribution in [0.3, 0.4) is 0 Å². The van der Waals surface area contributed by atoms with Crippen LogP contribution in [0.2, 0.25) is 10.0 Å². The highest BCUT2D eigenvalue weighted by Crippen LogP contribution is 2.26. The lowest BCUT2D eigenvalue weighted by Crippen LogP contribution is -2.28. The van der Waals surface area contributed by atoms with E-state index in [4.69, 9.17) is 23.2 Å². The summed E-state index contributed by atoms with van der Waals surface area (Å²) in [5, 5.41) is 5.19. The summed E-state index contributed by atoms with van der Waals surface area (Å²) >= 11 is 11.9. The highest BCUT2D eigenvalue weighted by Gasteiger charge is 2.28. The molecule has 168 valence electrons. The molecule has 2 aliphatic heterocycles. The Morgan fingerprint density at radius 1 is 0.719 bits per heavy atom. The molecule has 2 N–H and O–H groups in total. The molecule has 2 aliphatic rings. The summed E-state index contributed by atoms with van der Waals surface area (Å²) in [6, 6.07) is 7.51. The van der Waals surface area contributed by atoms with E-state index in [-0.39, 0.29) is 37.6 Å². The fourth-order valence-corrected chi connectivity index (χ4v) is 3.49. The molecule has 2 saturated heterocycles. The largest absolute Gasteiger partial charge is 0.324 e. The monoisotopic (exact) mass is 484 g/mol. The summed E-state index contributed by atoms with van der Waals surface area (Å²) in [6.07, 6.45) is 0. The van der Waals surface area contributed by atoms with Gasteiger partial charge in [-0.3, -0.25) is 20.2 Å². The predicted octanol–water partition coefficient (Wildman–Crippen LogP) is 3.06. The van der Waals surface area contributed by atoms with Crippen LogP contribution in [0, 0.1) is 11.6 Å². The first-order chi connectivity index (χ1) is 15.2. The molecule has 2 aromatic carbocycles. The Labute approximate surface area is 191 Å². The molecule has 2 aromatic rings. The summed E-state index contributed by atoms with van der Waals surface area (Å²) in [7, 11) is 0. The van der Waals surface area contributed by atoms with Crippen molar-refractivity contribution in [3.63, 3.8) is 0 Å². The maximum absolute atomic E-state index is 13.2. The van der Waals surface area contributed by atoms with E-state index in [2.05, 4.69) is 5.32 Å². The van der Waals surface area contributed by atoms with Gasteiger partial charge in [0.15, 0.2) is 0 Å². The second kappa shape index (κ2) is 9.92. The van der Waals surface area contributed by atoms with Crippen LogP contribution in [-0.2, 0) is 22.7 Å². The molecule has 0 aromatic heterocycles. The van der Waals surface area contributed by atoms with Crippen molar-refractivity contribution >= 4 is 47.1 Å². The molecular formula is C20H16Cl2F2N4O4. The zero-order chi connectivity index (χ0) is 23.4. The van der Waals surface area contributed by atoms with Crippen LogP contribution in [-0.4, -0.2) is 46.8 Å². The van der Waals surface area contributed by atoms with E-state index in [1.54, 1.807) is 18.2 Å². The van der Waals surface area contributed by atoms with Crippen LogP contribution in [0.25, 0.3) is 0 Å². The van der Waals surface area contributed by atoms with Crippen LogP contribution in [0.1, 0.15) is 11.1 Å². The van der Waals surface area contributed by atoms with Crippen LogP contribution >= 0.6 is 23.2 Å². The van der Waals surface area contributed by atoms with Gasteiger partial charge < -0.3 is 9.80 Å². The number of urea groups is 2. The van der Waals surface area contributed by atoms with Crippen molar-refractivity contribution in [2.45, 2.75) is 13.1 Å². The Hall–Kier alpha value is -3.24. The van der Waals surface area contributed by atoms with Crippen molar-refractivity contribution < 1.29 is 28.0 Å². The van der Waals surface area contributed by atoms with Crippen LogP contribution in [0.5, 0.6) is 0 Å². The summed E-state index contributed by atoms with van der Waals surface area (Å²) in [4.78, 5) is 46.7. The molecule has 32 heavy (non-hydrogen) atoms. The van der Waals surface area contributed by atoms with Gasteiger partial charge in [0.2, 0.25) is 11.8 Å². The number of hydrogen-bond donors (Lipinski definition) is 2. The third-order valence-electron chi connectivity index (χ3n) is 4.56. The minimum absolute atomic E-state index is 0.0420. The lowest BCUT2D eigenvalue weighted by Gasteiger charge is -2.15. The van der Waals surface area contributed by atoms with E-state index in [1.165, 1.54) is 11.0 Å². The zero-order valence-electron chi connectivity index (χ0n) is 16.3. The van der Waals surface area contributed by atoms with Crippen molar-refractivity contribution in [1.82, 2.24) is 20.4 Å². The van der Waals surface area contributed by atoms with Crippen molar-refractivity contribution in [2.75, 3.05) is 13.1 Å². The summed E-state index contributed by atoms with van der Waals surface area (Å²) in [5.41, 5.74) is 0.433. The van der Waals surface area contributed by atoms with Gasteiger partial charge in [0.25, 0.3) is 0 Å². The second-order valence-corrected chi connectivity index (χ2v) is 7.63. The molecule has 6 amide bonds. The summed E-state index contributed by atoms with van der Waals surface area (Å²) < 4.78 is 26.5. The molecule has 2 heterocycles. The van der Waals surface area contributed by atoms with E-state index in [0.717, 1.165) is 17.0 Å². The first kappa shape index (κ1) is 23.4. The van der Waals surface area contributed by atoms with E-state index in [1.807, 2.05) is 5.32 Å². The quantitative estimate of drug-likeness (QED) is 0.651. The van der Waals surface area contributed by atoms with Gasteiger partial charge >= 0.3 is 12.1 Å². The van der Waals surface area contributed by atoms with Gasteiger partial charge in [-0.05, 0) is 24.3 Å². The lowest BCUT2D eigenvalue weighted by molar-refractivity contribution is -0.119. The third kappa shape index (κ3) is 5.51. The maximum Gasteiger partial charge on any atom is 0.324 e. The molecule has 8 nitrogen and oxygen atoms in total. The van der Waals surface area contributed by atoms with Gasteiger partial charge in [0, 0.05) is 21.2 Å². The van der Waals surface area contributed by atoms with Gasteiger partial charge in [-0.2, -0.15) is 0 Å². The molecule has 12 heteroatoms. The maximum atomic E-state index is 13.2. The molecule has 2 fully saturated rings. The average Bonchev–Trinajstić information content (AvgIpc) is 3.21. The summed E-state index contributed by atoms with van der Waals surface area (Å²) in [5.74, 6) is -2.24. The van der Waals surface area contributed by atoms with E-state index < -0.39 is 29.6 Å². The number of nitrogens with zero attached hydrogens (tertiary/aromatic N) is 2. The minimum atomic E-state index is -0.729. The Kier molecular flexibility index (Phi) is 7.26. The lowest BCUT2D eigenvalue weighted by atomic mass is 10.2. The number of nitrogens with one attached hydrogen (secondary N) is 2. The molecule has 4 rings (SSSR count). The normalized spacial score (nSPS) is 15.5. The van der Waals surface area contributed by atoms with Gasteiger partial charge in [0.05, 0.1) is 13.1 Å². The number of hydrogen-bond acceptors (Lipinski definition) is 4. The second-order valence-electron chi connectivity index (χ2n) is 6.82. The number of amides is 6. The number of carbonyl (C=O) groups is 4. The van der Waals surface area contributed by atoms with Gasteiger partial charge in [-0.1, -0.05) is 35.3 Å². The van der Waals surface area contributed by atoms with Gasteiger partial charge in [-0.25, -0.2) is 18.4 Å². The van der Waals surface area contributed by atoms with E-state index >= 15 is 0 Å². The first-order valence-electron chi connectivity index (χ1n) is 9.19. The average molecular weight is 485 g/mol. The molecule has 0 aliphatic carbocycles. The molecule has 0 saturated carbocycles. The van der Waals surface area contributed by atoms with Crippen LogP contribution in [0.15, 0.2) is 36.4 Å². The fraction of sp³-hybridized carbons (Fsp3) is 0.200. The molecule has 0 unspecified atom stereocenters. The Bertz CT molecular complexity index is 973. The highest BCUT2D eigenvalue weighted by molar-refractivity contribution is 6.36. The minimum Gasteiger partial charge on any atom is -0.311 e. The molecule has 0 spiro atoms. The molecule has 0 atom stereocenters. The van der Waals surface area contributed by atoms with E-state index in [0.29, 0.717) is 15.6 Å². The van der Waals surface area contributed by atoms with E-state index in [9.17, 15) is 28.0 Å². The number of halogens is 4. The number of imide groups is 2. The SMILES string of the molecule is O=C1CN(Cc2c(Cl)cccc2Cl)C(=O)N1.O=C1CN(Cc2c(F)cccc2F)C(=O)N1.